The van der Waals surface area contributed by atoms with Crippen molar-refractivity contribution < 1.29 is 13.2 Å². The molecular formula is C17H12F3N5OS. The first-order valence-electron chi connectivity index (χ1n) is 7.80. The Bertz CT molecular complexity index is 1250. The molecule has 0 aliphatic heterocycles. The Kier molecular flexibility index (Phi) is 3.95. The lowest BCUT2D eigenvalue weighted by Crippen LogP contribution is -2.20. The Morgan fingerprint density at radius 3 is 2.63 bits per heavy atom. The summed E-state index contributed by atoms with van der Waals surface area (Å²) in [7, 11) is 0. The van der Waals surface area contributed by atoms with Crippen molar-refractivity contribution in [3.8, 4) is 5.69 Å². The normalized spacial score (nSPS) is 12.2. The molecule has 3 heterocycles. The van der Waals surface area contributed by atoms with E-state index in [1.165, 1.54) is 39.2 Å². The van der Waals surface area contributed by atoms with Crippen molar-refractivity contribution in [2.24, 2.45) is 0 Å². The van der Waals surface area contributed by atoms with E-state index in [1.54, 1.807) is 13.0 Å². The van der Waals surface area contributed by atoms with Crippen molar-refractivity contribution in [1.29, 1.82) is 0 Å². The van der Waals surface area contributed by atoms with Crippen molar-refractivity contribution >= 4 is 28.4 Å². The van der Waals surface area contributed by atoms with Crippen LogP contribution < -0.4 is 5.56 Å². The molecule has 0 aliphatic rings. The summed E-state index contributed by atoms with van der Waals surface area (Å²) in [5.74, 6) is 0.362. The highest BCUT2D eigenvalue weighted by molar-refractivity contribution is 7.98. The summed E-state index contributed by atoms with van der Waals surface area (Å²) in [6.07, 6.45) is -1.24. The van der Waals surface area contributed by atoms with Crippen LogP contribution in [0.25, 0.3) is 22.4 Å². The number of fused-ring (bicyclic) bond motifs is 3. The number of benzene rings is 1. The van der Waals surface area contributed by atoms with Gasteiger partial charge < -0.3 is 0 Å². The third-order valence-corrected chi connectivity index (χ3v) is 4.67. The third-order valence-electron chi connectivity index (χ3n) is 4.13. The smallest absolute Gasteiger partial charge is 0.284 e. The number of aromatic nitrogens is 5. The number of hydrogen-bond donors (Lipinski definition) is 0. The van der Waals surface area contributed by atoms with Gasteiger partial charge in [0.15, 0.2) is 0 Å². The number of halogens is 3. The average molecular weight is 391 g/mol. The summed E-state index contributed by atoms with van der Waals surface area (Å²) in [6.45, 7) is 1.66. The summed E-state index contributed by atoms with van der Waals surface area (Å²) in [4.78, 5) is 21.6. The number of nitrogens with zero attached hydrogens (tertiary/aromatic N) is 5. The van der Waals surface area contributed by atoms with E-state index in [0.29, 0.717) is 22.1 Å². The van der Waals surface area contributed by atoms with E-state index in [-0.39, 0.29) is 11.1 Å². The molecule has 0 radical (unpaired) electrons. The van der Waals surface area contributed by atoms with E-state index in [9.17, 15) is 18.0 Å². The highest BCUT2D eigenvalue weighted by Crippen LogP contribution is 2.30. The van der Waals surface area contributed by atoms with Crippen LogP contribution in [0.5, 0.6) is 0 Å². The second kappa shape index (κ2) is 6.08. The average Bonchev–Trinajstić information content (AvgIpc) is 3.04. The zero-order chi connectivity index (χ0) is 19.3. The minimum atomic E-state index is -4.49. The van der Waals surface area contributed by atoms with Crippen LogP contribution >= 0.6 is 11.8 Å². The fourth-order valence-corrected chi connectivity index (χ4v) is 3.23. The number of thioether (sulfide) groups is 1. The SMILES string of the molecule is CSc1nc2nc(C)c3c(=O)n(-c4cccc(C(F)(F)F)c4)ccc3n2n1. The van der Waals surface area contributed by atoms with E-state index in [0.717, 1.165) is 12.1 Å². The molecule has 6 nitrogen and oxygen atoms in total. The van der Waals surface area contributed by atoms with E-state index >= 15 is 0 Å². The van der Waals surface area contributed by atoms with Gasteiger partial charge in [-0.3, -0.25) is 9.36 Å². The Labute approximate surface area is 154 Å². The molecule has 0 saturated heterocycles. The van der Waals surface area contributed by atoms with E-state index in [4.69, 9.17) is 0 Å². The number of rotatable bonds is 2. The van der Waals surface area contributed by atoms with Gasteiger partial charge >= 0.3 is 6.18 Å². The molecule has 1 aromatic carbocycles. The monoisotopic (exact) mass is 391 g/mol. The van der Waals surface area contributed by atoms with E-state index < -0.39 is 17.3 Å². The van der Waals surface area contributed by atoms with Gasteiger partial charge in [-0.05, 0) is 37.4 Å². The molecule has 27 heavy (non-hydrogen) atoms. The first-order valence-corrected chi connectivity index (χ1v) is 9.02. The number of aryl methyl sites for hydroxylation is 1. The summed E-state index contributed by atoms with van der Waals surface area (Å²) in [5, 5.41) is 5.09. The van der Waals surface area contributed by atoms with Crippen LogP contribution in [0.15, 0.2) is 46.5 Å². The maximum absolute atomic E-state index is 13.0. The van der Waals surface area contributed by atoms with Gasteiger partial charge in [-0.2, -0.15) is 22.7 Å². The van der Waals surface area contributed by atoms with Crippen LogP contribution in [0.2, 0.25) is 0 Å². The molecular weight excluding hydrogens is 379 g/mol. The quantitative estimate of drug-likeness (QED) is 0.490. The van der Waals surface area contributed by atoms with Gasteiger partial charge in [-0.1, -0.05) is 17.8 Å². The minimum Gasteiger partial charge on any atom is -0.284 e. The molecule has 4 aromatic rings. The maximum Gasteiger partial charge on any atom is 0.416 e. The lowest BCUT2D eigenvalue weighted by atomic mass is 10.1. The number of pyridine rings is 1. The molecule has 4 rings (SSSR count). The Balaban J connectivity index is 2.00. The van der Waals surface area contributed by atoms with Crippen molar-refractivity contribution in [3.63, 3.8) is 0 Å². The summed E-state index contributed by atoms with van der Waals surface area (Å²) in [5.41, 5.74) is -0.236. The fraction of sp³-hybridized carbons (Fsp3) is 0.176. The van der Waals surface area contributed by atoms with Gasteiger partial charge in [0.05, 0.1) is 22.2 Å². The minimum absolute atomic E-state index is 0.125. The Morgan fingerprint density at radius 1 is 1.15 bits per heavy atom. The van der Waals surface area contributed by atoms with Crippen molar-refractivity contribution in [2.75, 3.05) is 6.26 Å². The standard InChI is InChI=1S/C17H12F3N5OS/c1-9-13-12(25-15(21-9)22-16(23-25)27-2)6-7-24(14(13)26)11-5-3-4-10(8-11)17(18,19)20/h3-8H,1-2H3. The molecule has 0 spiro atoms. The van der Waals surface area contributed by atoms with Crippen LogP contribution in [0.1, 0.15) is 11.3 Å². The summed E-state index contributed by atoms with van der Waals surface area (Å²) in [6, 6.07) is 6.24. The molecule has 0 atom stereocenters. The van der Waals surface area contributed by atoms with Gasteiger partial charge in [-0.15, -0.1) is 5.10 Å². The first-order chi connectivity index (χ1) is 12.8. The largest absolute Gasteiger partial charge is 0.416 e. The molecule has 0 aliphatic carbocycles. The van der Waals surface area contributed by atoms with Crippen LogP contribution in [0, 0.1) is 6.92 Å². The molecule has 0 N–H and O–H groups in total. The predicted molar refractivity (Wildman–Crippen MR) is 95.4 cm³/mol. The molecule has 0 fully saturated rings. The van der Waals surface area contributed by atoms with Crippen LogP contribution in [-0.2, 0) is 6.18 Å². The molecule has 0 saturated carbocycles. The number of alkyl halides is 3. The van der Waals surface area contributed by atoms with Gasteiger partial charge in [0, 0.05) is 11.9 Å². The predicted octanol–water partition coefficient (Wildman–Crippen LogP) is 3.48. The highest BCUT2D eigenvalue weighted by atomic mass is 32.2. The fourth-order valence-electron chi connectivity index (χ4n) is 2.89. The topological polar surface area (TPSA) is 65.1 Å². The highest BCUT2D eigenvalue weighted by Gasteiger charge is 2.30. The van der Waals surface area contributed by atoms with Crippen LogP contribution in [0.3, 0.4) is 0 Å². The van der Waals surface area contributed by atoms with Gasteiger partial charge in [0.25, 0.3) is 11.3 Å². The maximum atomic E-state index is 13.0. The van der Waals surface area contributed by atoms with Gasteiger partial charge in [0.1, 0.15) is 0 Å². The summed E-state index contributed by atoms with van der Waals surface area (Å²) >= 11 is 1.34. The first kappa shape index (κ1) is 17.5. The van der Waals surface area contributed by atoms with Crippen molar-refractivity contribution in [2.45, 2.75) is 18.3 Å². The van der Waals surface area contributed by atoms with Crippen molar-refractivity contribution in [1.82, 2.24) is 24.1 Å². The molecule has 0 unspecified atom stereocenters. The molecule has 138 valence electrons. The van der Waals surface area contributed by atoms with Crippen LogP contribution in [0.4, 0.5) is 13.2 Å². The zero-order valence-electron chi connectivity index (χ0n) is 14.2. The molecule has 0 bridgehead atoms. The molecule has 10 heteroatoms. The van der Waals surface area contributed by atoms with E-state index in [2.05, 4.69) is 15.1 Å². The Hall–Kier alpha value is -2.88. The van der Waals surface area contributed by atoms with Crippen LogP contribution in [-0.4, -0.2) is 30.4 Å². The third kappa shape index (κ3) is 2.85. The van der Waals surface area contributed by atoms with Crippen molar-refractivity contribution in [3.05, 3.63) is 58.1 Å². The lowest BCUT2D eigenvalue weighted by molar-refractivity contribution is -0.137. The van der Waals surface area contributed by atoms with E-state index in [1.807, 2.05) is 6.26 Å². The zero-order valence-corrected chi connectivity index (χ0v) is 15.0. The lowest BCUT2D eigenvalue weighted by Gasteiger charge is -2.12. The second-order valence-electron chi connectivity index (χ2n) is 5.81. The van der Waals surface area contributed by atoms with Gasteiger partial charge in [0.2, 0.25) is 5.16 Å². The molecule has 0 amide bonds. The second-order valence-corrected chi connectivity index (χ2v) is 6.58. The van der Waals surface area contributed by atoms with Gasteiger partial charge in [-0.25, -0.2) is 4.98 Å². The molecule has 3 aromatic heterocycles. The number of hydrogen-bond acceptors (Lipinski definition) is 5. The Morgan fingerprint density at radius 2 is 1.93 bits per heavy atom. The summed E-state index contributed by atoms with van der Waals surface area (Å²) < 4.78 is 41.6.